The van der Waals surface area contributed by atoms with E-state index in [1.165, 1.54) is 0 Å². The van der Waals surface area contributed by atoms with Crippen molar-refractivity contribution in [2.45, 2.75) is 0 Å². The fourth-order valence-electron chi connectivity index (χ4n) is 3.58. The minimum absolute atomic E-state index is 0. The number of aromatic nitrogens is 3. The summed E-state index contributed by atoms with van der Waals surface area (Å²) < 4.78 is 19.6. The Morgan fingerprint density at radius 2 is 1.47 bits per heavy atom. The van der Waals surface area contributed by atoms with Crippen LogP contribution in [0.4, 0.5) is 0 Å². The molecule has 5 aromatic rings. The van der Waals surface area contributed by atoms with E-state index in [0.717, 1.165) is 22.3 Å². The predicted octanol–water partition coefficient (Wildman–Crippen LogP) is 4.49. The van der Waals surface area contributed by atoms with Crippen molar-refractivity contribution in [1.29, 1.82) is 0 Å². The molecule has 0 bridgehead atoms. The van der Waals surface area contributed by atoms with Gasteiger partial charge in [0.25, 0.3) is 0 Å². The number of rotatable bonds is 5. The van der Waals surface area contributed by atoms with E-state index in [-0.39, 0.29) is 21.1 Å². The topological polar surface area (TPSA) is 58.4 Å². The summed E-state index contributed by atoms with van der Waals surface area (Å²) in [4.78, 5) is 4.06. The van der Waals surface area contributed by atoms with Crippen molar-refractivity contribution >= 4 is 12.6 Å². The van der Waals surface area contributed by atoms with Gasteiger partial charge in [0.1, 0.15) is 11.5 Å². The van der Waals surface area contributed by atoms with Crippen LogP contribution in [0.3, 0.4) is 0 Å². The van der Waals surface area contributed by atoms with E-state index in [1.807, 2.05) is 85.2 Å². The molecule has 0 amide bonds. The second-order valence-electron chi connectivity index (χ2n) is 7.40. The van der Waals surface area contributed by atoms with Crippen LogP contribution in [-0.4, -0.2) is 21.9 Å². The first-order chi connectivity index (χ1) is 16.3. The van der Waals surface area contributed by atoms with E-state index in [2.05, 4.69) is 22.2 Å². The van der Waals surface area contributed by atoms with Gasteiger partial charge >= 0.3 is 28.2 Å². The smallest absolute Gasteiger partial charge is 0.521 e. The Kier molecular flexibility index (Phi) is 6.19. The van der Waals surface area contributed by atoms with Gasteiger partial charge in [0.15, 0.2) is 0 Å². The molecule has 3 aromatic carbocycles. The molecule has 34 heavy (non-hydrogen) atoms. The van der Waals surface area contributed by atoms with Crippen molar-refractivity contribution in [3.8, 4) is 39.8 Å². The average molecular weight is 624 g/mol. The van der Waals surface area contributed by atoms with Gasteiger partial charge in [0.2, 0.25) is 0 Å². The molecule has 0 N–H and O–H groups in total. The number of hydrogen-bond donors (Lipinski definition) is 0. The quantitative estimate of drug-likeness (QED) is 0.213. The maximum absolute atomic E-state index is 6.04. The van der Waals surface area contributed by atoms with Gasteiger partial charge in [-0.25, -0.2) is 0 Å². The number of fused-ring (bicyclic) bond motifs is 1. The Morgan fingerprint density at radius 3 is 2.24 bits per heavy atom. The molecular weight excluding hydrogens is 608 g/mol. The van der Waals surface area contributed by atoms with Gasteiger partial charge in [0, 0.05) is 35.7 Å². The zero-order valence-electron chi connectivity index (χ0n) is 17.7. The largest absolute Gasteiger partial charge is 2.00 e. The van der Waals surface area contributed by atoms with Gasteiger partial charge in [-0.2, -0.15) is 23.3 Å². The molecule has 166 valence electrons. The molecule has 0 atom stereocenters. The van der Waals surface area contributed by atoms with Crippen molar-refractivity contribution < 1.29 is 35.1 Å². The van der Waals surface area contributed by atoms with Gasteiger partial charge in [0.05, 0.1) is 6.20 Å². The van der Waals surface area contributed by atoms with E-state index in [4.69, 9.17) is 14.0 Å². The molecule has 8 heteroatoms. The molecule has 3 heterocycles. The van der Waals surface area contributed by atoms with Gasteiger partial charge in [-0.05, 0) is 35.5 Å². The minimum atomic E-state index is -0.558. The number of pyridine rings is 1. The van der Waals surface area contributed by atoms with Crippen LogP contribution in [-0.2, 0) is 21.1 Å². The maximum atomic E-state index is 6.04. The monoisotopic (exact) mass is 624 g/mol. The molecule has 6 nitrogen and oxygen atoms in total. The van der Waals surface area contributed by atoms with Gasteiger partial charge in [-0.3, -0.25) is 9.67 Å². The molecule has 2 aromatic heterocycles. The van der Waals surface area contributed by atoms with E-state index < -0.39 is 7.12 Å². The van der Waals surface area contributed by atoms with Crippen LogP contribution < -0.4 is 19.5 Å². The standard InChI is InChI=1S/C26H16BN3O3.Pt/c1-2-10-26-25(9-1)32-27(33-26)21-5-3-7-23(15-21)31-24-8-4-6-22(16-24)30-18-20(17-29-30)19-11-13-28-14-12-19;/h1-14,17-18H;/q-2;+2. The SMILES string of the molecule is [Pt+2].[c-]1c(Oc2[c-]c(-n3cc(-c4ccncc4)cn3)ccc2)cccc1B1Oc2ccccc2O1. The Labute approximate surface area is 211 Å². The van der Waals surface area contributed by atoms with E-state index >= 15 is 0 Å². The Bertz CT molecular complexity index is 1400. The van der Waals surface area contributed by atoms with Crippen LogP contribution in [0.15, 0.2) is 97.6 Å². The predicted molar refractivity (Wildman–Crippen MR) is 124 cm³/mol. The fourth-order valence-corrected chi connectivity index (χ4v) is 3.58. The summed E-state index contributed by atoms with van der Waals surface area (Å²) in [6.45, 7) is 0. The molecular formula is C26H16BN3O3Pt. The number of para-hydroxylation sites is 2. The Balaban J connectivity index is 0.00000241. The summed E-state index contributed by atoms with van der Waals surface area (Å²) in [5, 5.41) is 4.47. The zero-order chi connectivity index (χ0) is 22.0. The second-order valence-corrected chi connectivity index (χ2v) is 7.40. The van der Waals surface area contributed by atoms with Crippen LogP contribution in [0.5, 0.6) is 23.0 Å². The third-order valence-electron chi connectivity index (χ3n) is 5.18. The normalized spacial score (nSPS) is 11.7. The van der Waals surface area contributed by atoms with Crippen molar-refractivity contribution in [3.63, 3.8) is 0 Å². The molecule has 0 aliphatic carbocycles. The Morgan fingerprint density at radius 1 is 0.765 bits per heavy atom. The maximum Gasteiger partial charge on any atom is 2.00 e. The third kappa shape index (κ3) is 4.48. The first kappa shape index (κ1) is 22.0. The summed E-state index contributed by atoms with van der Waals surface area (Å²) in [7, 11) is -0.558. The second kappa shape index (κ2) is 9.58. The van der Waals surface area contributed by atoms with Crippen molar-refractivity contribution in [2.24, 2.45) is 0 Å². The van der Waals surface area contributed by atoms with Crippen LogP contribution in [0, 0.1) is 12.1 Å². The average Bonchev–Trinajstić information content (AvgIpc) is 3.53. The minimum Gasteiger partial charge on any atom is -0.521 e. The van der Waals surface area contributed by atoms with E-state index in [0.29, 0.717) is 23.0 Å². The molecule has 1 aliphatic rings. The summed E-state index contributed by atoms with van der Waals surface area (Å²) in [5.74, 6) is 2.53. The molecule has 0 saturated carbocycles. The molecule has 0 saturated heterocycles. The molecule has 0 unspecified atom stereocenters. The van der Waals surface area contributed by atoms with Crippen LogP contribution in [0.25, 0.3) is 16.8 Å². The van der Waals surface area contributed by atoms with Crippen LogP contribution >= 0.6 is 0 Å². The van der Waals surface area contributed by atoms with Gasteiger partial charge in [-0.15, -0.1) is 30.3 Å². The van der Waals surface area contributed by atoms with Crippen LogP contribution in [0.1, 0.15) is 0 Å². The summed E-state index contributed by atoms with van der Waals surface area (Å²) in [5.41, 5.74) is 3.56. The Hall–Kier alpha value is -3.83. The molecule has 0 radical (unpaired) electrons. The molecule has 0 spiro atoms. The van der Waals surface area contributed by atoms with Crippen molar-refractivity contribution in [2.75, 3.05) is 0 Å². The molecule has 1 aliphatic heterocycles. The molecule has 0 fully saturated rings. The molecule has 6 rings (SSSR count). The number of hydrogen-bond acceptors (Lipinski definition) is 5. The first-order valence-electron chi connectivity index (χ1n) is 10.4. The van der Waals surface area contributed by atoms with Gasteiger partial charge < -0.3 is 14.0 Å². The number of nitrogens with zero attached hydrogens (tertiary/aromatic N) is 3. The first-order valence-corrected chi connectivity index (χ1v) is 10.4. The van der Waals surface area contributed by atoms with Crippen molar-refractivity contribution in [1.82, 2.24) is 14.8 Å². The van der Waals surface area contributed by atoms with Crippen LogP contribution in [0.2, 0.25) is 0 Å². The zero-order valence-corrected chi connectivity index (χ0v) is 20.0. The van der Waals surface area contributed by atoms with Gasteiger partial charge in [-0.1, -0.05) is 17.6 Å². The van der Waals surface area contributed by atoms with Crippen molar-refractivity contribution in [3.05, 3.63) is 110 Å². The summed E-state index contributed by atoms with van der Waals surface area (Å²) >= 11 is 0. The third-order valence-corrected chi connectivity index (χ3v) is 5.18. The van der Waals surface area contributed by atoms with E-state index in [9.17, 15) is 0 Å². The number of benzene rings is 3. The number of ether oxygens (including phenoxy) is 1. The summed E-state index contributed by atoms with van der Waals surface area (Å²) in [6.07, 6.45) is 7.29. The van der Waals surface area contributed by atoms with E-state index in [1.54, 1.807) is 17.1 Å². The fraction of sp³-hybridized carbons (Fsp3) is 0. The summed E-state index contributed by atoms with van der Waals surface area (Å²) in [6, 6.07) is 29.3.